The third-order valence-corrected chi connectivity index (χ3v) is 9.72. The third kappa shape index (κ3) is 3.56. The van der Waals surface area contributed by atoms with Crippen LogP contribution >= 0.6 is 0 Å². The molecule has 0 saturated carbocycles. The van der Waals surface area contributed by atoms with Gasteiger partial charge in [-0.3, -0.25) is 0 Å². The zero-order chi connectivity index (χ0) is 29.5. The zero-order valence-electron chi connectivity index (χ0n) is 24.5. The number of hydrogen-bond acceptors (Lipinski definition) is 0. The van der Waals surface area contributed by atoms with E-state index in [9.17, 15) is 0 Å². The maximum Gasteiger partial charge on any atom is 0.0471 e. The summed E-state index contributed by atoms with van der Waals surface area (Å²) < 4.78 is 0. The number of fused-ring (bicyclic) bond motifs is 9. The van der Waals surface area contributed by atoms with Crippen molar-refractivity contribution >= 4 is 75.7 Å². The summed E-state index contributed by atoms with van der Waals surface area (Å²) in [5.41, 5.74) is 7.41. The molecule has 10 rings (SSSR count). The van der Waals surface area contributed by atoms with Gasteiger partial charge in [0.25, 0.3) is 0 Å². The molecule has 0 amide bonds. The van der Waals surface area contributed by atoms with E-state index in [4.69, 9.17) is 0 Å². The molecule has 0 radical (unpaired) electrons. The Morgan fingerprint density at radius 1 is 0.289 bits per heavy atom. The van der Waals surface area contributed by atoms with Gasteiger partial charge in [0.2, 0.25) is 0 Å². The van der Waals surface area contributed by atoms with Crippen LogP contribution in [-0.2, 0) is 0 Å². The molecule has 0 bridgehead atoms. The molecule has 1 heterocycles. The van der Waals surface area contributed by atoms with Gasteiger partial charge in [-0.25, -0.2) is 0 Å². The van der Waals surface area contributed by atoms with Crippen molar-refractivity contribution in [2.75, 3.05) is 0 Å². The minimum absolute atomic E-state index is 1.16. The molecule has 9 aromatic carbocycles. The average Bonchev–Trinajstić information content (AvgIpc) is 3.45. The molecule has 10 aromatic rings. The Labute approximate surface area is 260 Å². The molecule has 208 valence electrons. The SMILES string of the molecule is c1ccc2cc3c(cc2c1)[nH]c1cc(-c2c4ccccc4c(-c4cc5ccccc5c5ccccc45)c4ccccc24)ccc13. The molecule has 0 aliphatic carbocycles. The topological polar surface area (TPSA) is 15.8 Å². The lowest BCUT2D eigenvalue weighted by atomic mass is 9.84. The quantitative estimate of drug-likeness (QED) is 0.157. The van der Waals surface area contributed by atoms with Gasteiger partial charge < -0.3 is 4.98 Å². The molecule has 0 saturated heterocycles. The molecule has 0 aliphatic rings. The number of aromatic nitrogens is 1. The lowest BCUT2D eigenvalue weighted by molar-refractivity contribution is 1.55. The second-order valence-corrected chi connectivity index (χ2v) is 12.2. The predicted octanol–water partition coefficient (Wildman–Crippen LogP) is 12.4. The van der Waals surface area contributed by atoms with Crippen LogP contribution in [0.25, 0.3) is 97.9 Å². The number of benzene rings is 9. The summed E-state index contributed by atoms with van der Waals surface area (Å²) in [5, 5.41) is 15.3. The van der Waals surface area contributed by atoms with E-state index in [0.717, 1.165) is 5.52 Å². The van der Waals surface area contributed by atoms with Crippen LogP contribution in [0.15, 0.2) is 158 Å². The van der Waals surface area contributed by atoms with Crippen LogP contribution in [0.3, 0.4) is 0 Å². The van der Waals surface area contributed by atoms with Gasteiger partial charge in [-0.05, 0) is 100 Å². The first-order valence-electron chi connectivity index (χ1n) is 15.6. The molecule has 1 aromatic heterocycles. The Hall–Kier alpha value is -5.92. The Bertz CT molecular complexity index is 2760. The van der Waals surface area contributed by atoms with Gasteiger partial charge in [-0.15, -0.1) is 0 Å². The number of rotatable bonds is 2. The van der Waals surface area contributed by atoms with Crippen molar-refractivity contribution in [2.24, 2.45) is 0 Å². The van der Waals surface area contributed by atoms with E-state index in [1.807, 2.05) is 0 Å². The number of H-pyrrole nitrogens is 1. The van der Waals surface area contributed by atoms with Crippen molar-refractivity contribution in [3.05, 3.63) is 158 Å². The van der Waals surface area contributed by atoms with Gasteiger partial charge >= 0.3 is 0 Å². The zero-order valence-corrected chi connectivity index (χ0v) is 24.5. The Balaban J connectivity index is 1.30. The fraction of sp³-hybridized carbons (Fsp3) is 0. The summed E-state index contributed by atoms with van der Waals surface area (Å²) in [6.07, 6.45) is 0. The van der Waals surface area contributed by atoms with Gasteiger partial charge in [-0.1, -0.05) is 133 Å². The summed E-state index contributed by atoms with van der Waals surface area (Å²) in [4.78, 5) is 3.75. The fourth-order valence-electron chi connectivity index (χ4n) is 7.74. The standard InChI is InChI=1S/C44H27N/c1-2-12-28-25-42-39(23-27(28)11-1)34-22-21-30(26-41(34)45-42)43-35-17-7-9-19-37(35)44(38-20-10-8-18-36(38)43)40-24-29-13-3-4-14-31(29)32-15-5-6-16-33(32)40/h1-26,45H. The second kappa shape index (κ2) is 9.29. The van der Waals surface area contributed by atoms with E-state index >= 15 is 0 Å². The molecule has 0 fully saturated rings. The lowest BCUT2D eigenvalue weighted by Crippen LogP contribution is -1.92. The monoisotopic (exact) mass is 569 g/mol. The van der Waals surface area contributed by atoms with Gasteiger partial charge in [0.05, 0.1) is 0 Å². The van der Waals surface area contributed by atoms with E-state index in [1.54, 1.807) is 0 Å². The molecule has 1 heteroatoms. The summed E-state index contributed by atoms with van der Waals surface area (Å²) in [5.74, 6) is 0. The summed E-state index contributed by atoms with van der Waals surface area (Å²) >= 11 is 0. The van der Waals surface area contributed by atoms with Crippen molar-refractivity contribution in [3.63, 3.8) is 0 Å². The third-order valence-electron chi connectivity index (χ3n) is 9.72. The van der Waals surface area contributed by atoms with Crippen molar-refractivity contribution < 1.29 is 0 Å². The Morgan fingerprint density at radius 3 is 1.49 bits per heavy atom. The minimum Gasteiger partial charge on any atom is -0.354 e. The van der Waals surface area contributed by atoms with E-state index < -0.39 is 0 Å². The summed E-state index contributed by atoms with van der Waals surface area (Å²) in [7, 11) is 0. The van der Waals surface area contributed by atoms with E-state index in [0.29, 0.717) is 0 Å². The summed E-state index contributed by atoms with van der Waals surface area (Å²) in [6, 6.07) is 58.1. The predicted molar refractivity (Wildman–Crippen MR) is 194 cm³/mol. The lowest BCUT2D eigenvalue weighted by Gasteiger charge is -2.19. The number of hydrogen-bond donors (Lipinski definition) is 1. The molecule has 0 unspecified atom stereocenters. The molecular formula is C44H27N. The maximum atomic E-state index is 3.75. The molecule has 0 spiro atoms. The first-order valence-corrected chi connectivity index (χ1v) is 15.6. The molecule has 45 heavy (non-hydrogen) atoms. The Morgan fingerprint density at radius 2 is 0.800 bits per heavy atom. The Kier molecular flexibility index (Phi) is 5.06. The molecule has 0 atom stereocenters. The van der Waals surface area contributed by atoms with Crippen molar-refractivity contribution in [2.45, 2.75) is 0 Å². The van der Waals surface area contributed by atoms with Gasteiger partial charge in [0.15, 0.2) is 0 Å². The molecule has 1 N–H and O–H groups in total. The highest BCUT2D eigenvalue weighted by Gasteiger charge is 2.19. The van der Waals surface area contributed by atoms with Crippen LogP contribution in [0.1, 0.15) is 0 Å². The highest BCUT2D eigenvalue weighted by molar-refractivity contribution is 6.26. The smallest absolute Gasteiger partial charge is 0.0471 e. The molecule has 1 nitrogen and oxygen atoms in total. The van der Waals surface area contributed by atoms with Crippen LogP contribution < -0.4 is 0 Å². The minimum atomic E-state index is 1.16. The second-order valence-electron chi connectivity index (χ2n) is 12.2. The first-order chi connectivity index (χ1) is 22.3. The van der Waals surface area contributed by atoms with Crippen LogP contribution in [0.4, 0.5) is 0 Å². The van der Waals surface area contributed by atoms with E-state index in [1.165, 1.54) is 92.4 Å². The highest BCUT2D eigenvalue weighted by atomic mass is 14.7. The normalized spacial score (nSPS) is 12.0. The first kappa shape index (κ1) is 24.5. The van der Waals surface area contributed by atoms with Crippen LogP contribution in [-0.4, -0.2) is 4.98 Å². The van der Waals surface area contributed by atoms with Gasteiger partial charge in [-0.2, -0.15) is 0 Å². The molecule has 0 aliphatic heterocycles. The van der Waals surface area contributed by atoms with Crippen LogP contribution in [0.2, 0.25) is 0 Å². The van der Waals surface area contributed by atoms with Crippen molar-refractivity contribution in [1.82, 2.24) is 4.98 Å². The van der Waals surface area contributed by atoms with Crippen LogP contribution in [0, 0.1) is 0 Å². The fourth-order valence-corrected chi connectivity index (χ4v) is 7.74. The maximum absolute atomic E-state index is 3.75. The van der Waals surface area contributed by atoms with E-state index in [-0.39, 0.29) is 0 Å². The van der Waals surface area contributed by atoms with E-state index in [2.05, 4.69) is 163 Å². The van der Waals surface area contributed by atoms with Gasteiger partial charge in [0, 0.05) is 21.8 Å². The average molecular weight is 570 g/mol. The number of aromatic amines is 1. The van der Waals surface area contributed by atoms with Crippen LogP contribution in [0.5, 0.6) is 0 Å². The highest BCUT2D eigenvalue weighted by Crippen LogP contribution is 2.47. The molecular weight excluding hydrogens is 542 g/mol. The van der Waals surface area contributed by atoms with Gasteiger partial charge in [0.1, 0.15) is 0 Å². The summed E-state index contributed by atoms with van der Waals surface area (Å²) in [6.45, 7) is 0. The van der Waals surface area contributed by atoms with Crippen molar-refractivity contribution in [3.8, 4) is 22.3 Å². The number of nitrogens with one attached hydrogen (secondary N) is 1. The van der Waals surface area contributed by atoms with Crippen molar-refractivity contribution in [1.29, 1.82) is 0 Å². The largest absolute Gasteiger partial charge is 0.354 e.